The minimum Gasteiger partial charge on any atom is -0.497 e. The maximum absolute atomic E-state index is 5.23. The molecule has 118 valence electrons. The summed E-state index contributed by atoms with van der Waals surface area (Å²) < 4.78 is 5.23. The SMILES string of the molecule is CCNC(CCc1ccc(OC)cc1)C1CCCC1(C)C. The lowest BCUT2D eigenvalue weighted by atomic mass is 9.76. The summed E-state index contributed by atoms with van der Waals surface area (Å²) in [5.41, 5.74) is 1.90. The van der Waals surface area contributed by atoms with Crippen LogP contribution in [0.5, 0.6) is 5.75 Å². The average Bonchev–Trinajstić information content (AvgIpc) is 2.83. The number of rotatable bonds is 7. The Morgan fingerprint density at radius 2 is 2.00 bits per heavy atom. The summed E-state index contributed by atoms with van der Waals surface area (Å²) in [6.45, 7) is 8.19. The van der Waals surface area contributed by atoms with E-state index in [2.05, 4.69) is 50.4 Å². The first-order valence-corrected chi connectivity index (χ1v) is 8.43. The quantitative estimate of drug-likeness (QED) is 0.801. The predicted molar refractivity (Wildman–Crippen MR) is 89.9 cm³/mol. The molecule has 1 fully saturated rings. The Labute approximate surface area is 130 Å². The molecular weight excluding hydrogens is 258 g/mol. The van der Waals surface area contributed by atoms with Crippen molar-refractivity contribution in [1.29, 1.82) is 0 Å². The number of benzene rings is 1. The van der Waals surface area contributed by atoms with Gasteiger partial charge in [0.15, 0.2) is 0 Å². The molecule has 0 aromatic heterocycles. The van der Waals surface area contributed by atoms with Crippen molar-refractivity contribution >= 4 is 0 Å². The van der Waals surface area contributed by atoms with Gasteiger partial charge in [-0.1, -0.05) is 39.3 Å². The molecule has 1 aliphatic carbocycles. The monoisotopic (exact) mass is 289 g/mol. The Balaban J connectivity index is 1.96. The highest BCUT2D eigenvalue weighted by Gasteiger charge is 2.38. The maximum Gasteiger partial charge on any atom is 0.118 e. The molecule has 21 heavy (non-hydrogen) atoms. The highest BCUT2D eigenvalue weighted by atomic mass is 16.5. The third kappa shape index (κ3) is 4.23. The third-order valence-corrected chi connectivity index (χ3v) is 5.20. The minimum atomic E-state index is 0.493. The second-order valence-corrected chi connectivity index (χ2v) is 7.04. The van der Waals surface area contributed by atoms with Crippen LogP contribution in [0.1, 0.15) is 52.0 Å². The Morgan fingerprint density at radius 1 is 1.29 bits per heavy atom. The lowest BCUT2D eigenvalue weighted by Gasteiger charge is -2.35. The lowest BCUT2D eigenvalue weighted by molar-refractivity contribution is 0.191. The van der Waals surface area contributed by atoms with Crippen LogP contribution in [-0.2, 0) is 6.42 Å². The lowest BCUT2D eigenvalue weighted by Crippen LogP contribution is -2.41. The van der Waals surface area contributed by atoms with Crippen LogP contribution in [0.25, 0.3) is 0 Å². The first-order chi connectivity index (χ1) is 10.1. The van der Waals surface area contributed by atoms with E-state index in [0.717, 1.165) is 24.6 Å². The van der Waals surface area contributed by atoms with Crippen molar-refractivity contribution in [1.82, 2.24) is 5.32 Å². The zero-order chi connectivity index (χ0) is 15.3. The van der Waals surface area contributed by atoms with Crippen molar-refractivity contribution in [3.63, 3.8) is 0 Å². The van der Waals surface area contributed by atoms with Crippen LogP contribution in [0.2, 0.25) is 0 Å². The Morgan fingerprint density at radius 3 is 2.52 bits per heavy atom. The van der Waals surface area contributed by atoms with Gasteiger partial charge in [0.25, 0.3) is 0 Å². The van der Waals surface area contributed by atoms with Gasteiger partial charge in [0.1, 0.15) is 5.75 Å². The number of hydrogen-bond acceptors (Lipinski definition) is 2. The smallest absolute Gasteiger partial charge is 0.118 e. The third-order valence-electron chi connectivity index (χ3n) is 5.20. The molecule has 0 bridgehead atoms. The highest BCUT2D eigenvalue weighted by Crippen LogP contribution is 2.45. The summed E-state index contributed by atoms with van der Waals surface area (Å²) >= 11 is 0. The molecular formula is C19H31NO. The Hall–Kier alpha value is -1.02. The fourth-order valence-corrected chi connectivity index (χ4v) is 3.92. The molecule has 0 saturated heterocycles. The minimum absolute atomic E-state index is 0.493. The molecule has 2 atom stereocenters. The molecule has 1 aromatic rings. The molecule has 2 nitrogen and oxygen atoms in total. The van der Waals surface area contributed by atoms with Crippen molar-refractivity contribution in [2.75, 3.05) is 13.7 Å². The Kier molecular flexibility index (Phi) is 5.69. The highest BCUT2D eigenvalue weighted by molar-refractivity contribution is 5.27. The standard InChI is InChI=1S/C19H31NO/c1-5-20-18(17-7-6-14-19(17,2)3)13-10-15-8-11-16(21-4)12-9-15/h8-9,11-12,17-18,20H,5-7,10,13-14H2,1-4H3. The molecule has 2 unspecified atom stereocenters. The van der Waals surface area contributed by atoms with Crippen LogP contribution >= 0.6 is 0 Å². The zero-order valence-corrected chi connectivity index (χ0v) is 14.1. The van der Waals surface area contributed by atoms with Crippen LogP contribution in [0.3, 0.4) is 0 Å². The summed E-state index contributed by atoms with van der Waals surface area (Å²) in [7, 11) is 1.72. The normalized spacial score (nSPS) is 22.2. The van der Waals surface area contributed by atoms with Crippen LogP contribution < -0.4 is 10.1 Å². The van der Waals surface area contributed by atoms with Crippen LogP contribution in [-0.4, -0.2) is 19.7 Å². The largest absolute Gasteiger partial charge is 0.497 e. The summed E-state index contributed by atoms with van der Waals surface area (Å²) in [4.78, 5) is 0. The molecule has 1 saturated carbocycles. The van der Waals surface area contributed by atoms with E-state index in [1.807, 2.05) is 0 Å². The molecule has 0 heterocycles. The second kappa shape index (κ2) is 7.31. The topological polar surface area (TPSA) is 21.3 Å². The van der Waals surface area contributed by atoms with Crippen molar-refractivity contribution in [2.24, 2.45) is 11.3 Å². The van der Waals surface area contributed by atoms with Gasteiger partial charge in [-0.05, 0) is 61.3 Å². The van der Waals surface area contributed by atoms with E-state index in [9.17, 15) is 0 Å². The first kappa shape index (κ1) is 16.4. The van der Waals surface area contributed by atoms with E-state index in [0.29, 0.717) is 11.5 Å². The van der Waals surface area contributed by atoms with E-state index in [1.165, 1.54) is 31.2 Å². The van der Waals surface area contributed by atoms with E-state index >= 15 is 0 Å². The number of ether oxygens (including phenoxy) is 1. The predicted octanol–water partition coefficient (Wildman–Crippen LogP) is 4.43. The molecule has 0 amide bonds. The summed E-state index contributed by atoms with van der Waals surface area (Å²) in [6.07, 6.45) is 6.53. The van der Waals surface area contributed by atoms with Crippen molar-refractivity contribution in [3.8, 4) is 5.75 Å². The van der Waals surface area contributed by atoms with Gasteiger partial charge in [-0.2, -0.15) is 0 Å². The summed E-state index contributed by atoms with van der Waals surface area (Å²) in [6, 6.07) is 9.17. The number of aryl methyl sites for hydroxylation is 1. The maximum atomic E-state index is 5.23. The molecule has 0 radical (unpaired) electrons. The van der Waals surface area contributed by atoms with Crippen LogP contribution in [0.15, 0.2) is 24.3 Å². The van der Waals surface area contributed by atoms with Gasteiger partial charge in [-0.25, -0.2) is 0 Å². The van der Waals surface area contributed by atoms with Crippen molar-refractivity contribution in [2.45, 2.75) is 58.9 Å². The van der Waals surface area contributed by atoms with Gasteiger partial charge < -0.3 is 10.1 Å². The van der Waals surface area contributed by atoms with Crippen molar-refractivity contribution < 1.29 is 4.74 Å². The van der Waals surface area contributed by atoms with Gasteiger partial charge in [0, 0.05) is 6.04 Å². The van der Waals surface area contributed by atoms with Crippen LogP contribution in [0.4, 0.5) is 0 Å². The van der Waals surface area contributed by atoms with E-state index in [-0.39, 0.29) is 0 Å². The van der Waals surface area contributed by atoms with Crippen molar-refractivity contribution in [3.05, 3.63) is 29.8 Å². The summed E-state index contributed by atoms with van der Waals surface area (Å²) in [5, 5.41) is 3.75. The van der Waals surface area contributed by atoms with Gasteiger partial charge in [-0.15, -0.1) is 0 Å². The van der Waals surface area contributed by atoms with E-state index in [4.69, 9.17) is 4.74 Å². The molecule has 1 aliphatic rings. The second-order valence-electron chi connectivity index (χ2n) is 7.04. The molecule has 0 spiro atoms. The molecule has 2 rings (SSSR count). The van der Waals surface area contributed by atoms with Gasteiger partial charge in [-0.3, -0.25) is 0 Å². The van der Waals surface area contributed by atoms with Crippen LogP contribution in [0, 0.1) is 11.3 Å². The number of nitrogens with one attached hydrogen (secondary N) is 1. The summed E-state index contributed by atoms with van der Waals surface area (Å²) in [5.74, 6) is 1.76. The van der Waals surface area contributed by atoms with Gasteiger partial charge >= 0.3 is 0 Å². The van der Waals surface area contributed by atoms with E-state index in [1.54, 1.807) is 7.11 Å². The average molecular weight is 289 g/mol. The fraction of sp³-hybridized carbons (Fsp3) is 0.684. The van der Waals surface area contributed by atoms with Gasteiger partial charge in [0.2, 0.25) is 0 Å². The van der Waals surface area contributed by atoms with Gasteiger partial charge in [0.05, 0.1) is 7.11 Å². The number of hydrogen-bond donors (Lipinski definition) is 1. The molecule has 1 N–H and O–H groups in total. The van der Waals surface area contributed by atoms with E-state index < -0.39 is 0 Å². The first-order valence-electron chi connectivity index (χ1n) is 8.43. The molecule has 2 heteroatoms. The zero-order valence-electron chi connectivity index (χ0n) is 14.1. The molecule has 1 aromatic carbocycles. The molecule has 0 aliphatic heterocycles. The Bertz CT molecular complexity index is 424. The number of methoxy groups -OCH3 is 1. The fourth-order valence-electron chi connectivity index (χ4n) is 3.92.